The molecule has 4 aromatic rings. The molecular formula is C26H26N4O4. The Balaban J connectivity index is 1.54. The number of ether oxygens (including phenoxy) is 1. The summed E-state index contributed by atoms with van der Waals surface area (Å²) in [6.07, 6.45) is 1.64. The molecular weight excluding hydrogens is 432 g/mol. The van der Waals surface area contributed by atoms with Gasteiger partial charge in [0.15, 0.2) is 5.65 Å². The van der Waals surface area contributed by atoms with Crippen LogP contribution in [0.15, 0.2) is 82.5 Å². The van der Waals surface area contributed by atoms with Crippen LogP contribution in [-0.2, 0) is 24.4 Å². The summed E-state index contributed by atoms with van der Waals surface area (Å²) in [6.45, 7) is 4.13. The van der Waals surface area contributed by atoms with Gasteiger partial charge in [0.2, 0.25) is 5.91 Å². The van der Waals surface area contributed by atoms with Gasteiger partial charge in [-0.2, -0.15) is 0 Å². The average Bonchev–Trinajstić information content (AvgIpc) is 2.84. The first kappa shape index (κ1) is 23.0. The van der Waals surface area contributed by atoms with E-state index >= 15 is 0 Å². The first-order valence-electron chi connectivity index (χ1n) is 11.1. The third kappa shape index (κ3) is 5.23. The van der Waals surface area contributed by atoms with E-state index in [1.807, 2.05) is 68.4 Å². The Bertz CT molecular complexity index is 1410. The predicted octanol–water partition coefficient (Wildman–Crippen LogP) is 2.71. The monoisotopic (exact) mass is 458 g/mol. The summed E-state index contributed by atoms with van der Waals surface area (Å²) >= 11 is 0. The van der Waals surface area contributed by atoms with Gasteiger partial charge in [-0.25, -0.2) is 4.98 Å². The van der Waals surface area contributed by atoms with Gasteiger partial charge in [-0.3, -0.25) is 23.5 Å². The number of rotatable bonds is 8. The van der Waals surface area contributed by atoms with E-state index in [1.54, 1.807) is 18.3 Å². The Morgan fingerprint density at radius 1 is 0.912 bits per heavy atom. The quantitative estimate of drug-likeness (QED) is 0.410. The molecule has 2 heterocycles. The summed E-state index contributed by atoms with van der Waals surface area (Å²) in [7, 11) is 0. The van der Waals surface area contributed by atoms with Crippen LogP contribution < -0.4 is 21.2 Å². The molecule has 0 radical (unpaired) electrons. The number of aromatic nitrogens is 3. The molecule has 2 aromatic carbocycles. The maximum atomic E-state index is 12.9. The number of pyridine rings is 1. The number of fused-ring (bicyclic) bond motifs is 1. The largest absolute Gasteiger partial charge is 0.491 e. The molecule has 0 fully saturated rings. The molecule has 0 spiro atoms. The number of nitrogens with one attached hydrogen (secondary N) is 1. The van der Waals surface area contributed by atoms with Crippen LogP contribution in [0.1, 0.15) is 25.0 Å². The van der Waals surface area contributed by atoms with Crippen molar-refractivity contribution in [2.75, 3.05) is 0 Å². The van der Waals surface area contributed by atoms with Crippen LogP contribution in [-0.4, -0.2) is 26.1 Å². The minimum atomic E-state index is -0.762. The first-order valence-corrected chi connectivity index (χ1v) is 11.1. The lowest BCUT2D eigenvalue weighted by molar-refractivity contribution is -0.121. The van der Waals surface area contributed by atoms with Crippen LogP contribution in [0, 0.1) is 0 Å². The third-order valence-electron chi connectivity index (χ3n) is 5.26. The van der Waals surface area contributed by atoms with E-state index in [-0.39, 0.29) is 31.6 Å². The Morgan fingerprint density at radius 3 is 2.32 bits per heavy atom. The van der Waals surface area contributed by atoms with Crippen LogP contribution in [0.25, 0.3) is 11.2 Å². The van der Waals surface area contributed by atoms with Gasteiger partial charge in [-0.1, -0.05) is 42.5 Å². The highest BCUT2D eigenvalue weighted by Crippen LogP contribution is 2.14. The molecule has 1 amide bonds. The second kappa shape index (κ2) is 10.2. The Morgan fingerprint density at radius 2 is 1.62 bits per heavy atom. The fourth-order valence-electron chi connectivity index (χ4n) is 3.67. The van der Waals surface area contributed by atoms with Crippen molar-refractivity contribution in [1.29, 1.82) is 0 Å². The van der Waals surface area contributed by atoms with Gasteiger partial charge in [0.1, 0.15) is 12.3 Å². The Labute approximate surface area is 196 Å². The highest BCUT2D eigenvalue weighted by molar-refractivity contribution is 5.78. The molecule has 0 saturated heterocycles. The molecule has 0 aliphatic carbocycles. The van der Waals surface area contributed by atoms with Crippen LogP contribution in [0.3, 0.4) is 0 Å². The average molecular weight is 459 g/mol. The number of nitrogens with zero attached hydrogens (tertiary/aromatic N) is 3. The molecule has 4 rings (SSSR count). The van der Waals surface area contributed by atoms with Crippen LogP contribution in [0.5, 0.6) is 5.75 Å². The molecule has 0 bridgehead atoms. The molecule has 174 valence electrons. The van der Waals surface area contributed by atoms with Gasteiger partial charge in [0.05, 0.1) is 18.2 Å². The molecule has 0 atom stereocenters. The fourth-order valence-corrected chi connectivity index (χ4v) is 3.67. The van der Waals surface area contributed by atoms with Gasteiger partial charge < -0.3 is 10.1 Å². The van der Waals surface area contributed by atoms with Crippen molar-refractivity contribution in [1.82, 2.24) is 19.4 Å². The van der Waals surface area contributed by atoms with E-state index in [0.717, 1.165) is 16.9 Å². The highest BCUT2D eigenvalue weighted by atomic mass is 16.5. The molecule has 8 heteroatoms. The number of amides is 1. The Hall–Kier alpha value is -4.20. The predicted molar refractivity (Wildman–Crippen MR) is 130 cm³/mol. The van der Waals surface area contributed by atoms with Crippen molar-refractivity contribution < 1.29 is 9.53 Å². The molecule has 1 N–H and O–H groups in total. The normalized spacial score (nSPS) is 11.0. The van der Waals surface area contributed by atoms with Crippen molar-refractivity contribution in [2.45, 2.75) is 39.6 Å². The van der Waals surface area contributed by atoms with Crippen molar-refractivity contribution in [3.05, 3.63) is 105 Å². The summed E-state index contributed by atoms with van der Waals surface area (Å²) in [6, 6.07) is 20.2. The number of carbonyl (C=O) groups is 1. The van der Waals surface area contributed by atoms with Gasteiger partial charge in [-0.05, 0) is 49.2 Å². The van der Waals surface area contributed by atoms with Crippen LogP contribution in [0.4, 0.5) is 0 Å². The molecule has 0 aliphatic heterocycles. The molecule has 2 aromatic heterocycles. The summed E-state index contributed by atoms with van der Waals surface area (Å²) in [5.74, 6) is 0.377. The zero-order valence-corrected chi connectivity index (χ0v) is 19.1. The van der Waals surface area contributed by atoms with Crippen LogP contribution >= 0.6 is 0 Å². The van der Waals surface area contributed by atoms with Gasteiger partial charge in [0.25, 0.3) is 0 Å². The number of carbonyl (C=O) groups excluding carboxylic acids is 1. The standard InChI is InChI=1S/C26H26N4O4/c1-18(2)34-21-12-10-19(11-13-21)15-28-23(31)17-29-22-9-6-14-27-24(22)30(26(33)25(29)32)16-20-7-4-3-5-8-20/h3-14,18H,15-17H2,1-2H3,(H,28,31). The zero-order valence-electron chi connectivity index (χ0n) is 19.1. The van der Waals surface area contributed by atoms with Crippen LogP contribution in [0.2, 0.25) is 0 Å². The maximum absolute atomic E-state index is 12.9. The first-order chi connectivity index (χ1) is 16.4. The highest BCUT2D eigenvalue weighted by Gasteiger charge is 2.16. The molecule has 0 aliphatic rings. The topological polar surface area (TPSA) is 95.2 Å². The lowest BCUT2D eigenvalue weighted by Crippen LogP contribution is -2.44. The zero-order chi connectivity index (χ0) is 24.1. The Kier molecular flexibility index (Phi) is 6.87. The number of hydrogen-bond donors (Lipinski definition) is 1. The van der Waals surface area contributed by atoms with Gasteiger partial charge in [-0.15, -0.1) is 0 Å². The minimum absolute atomic E-state index is 0.0799. The molecule has 8 nitrogen and oxygen atoms in total. The van der Waals surface area contributed by atoms with Crippen molar-refractivity contribution in [3.63, 3.8) is 0 Å². The number of hydrogen-bond acceptors (Lipinski definition) is 5. The second-order valence-electron chi connectivity index (χ2n) is 8.20. The molecule has 34 heavy (non-hydrogen) atoms. The number of benzene rings is 2. The van der Waals surface area contributed by atoms with Crippen molar-refractivity contribution in [2.24, 2.45) is 0 Å². The SMILES string of the molecule is CC(C)Oc1ccc(CNC(=O)Cn2c(=O)c(=O)n(Cc3ccccc3)c3ncccc32)cc1. The van der Waals surface area contributed by atoms with Crippen molar-refractivity contribution in [3.8, 4) is 5.75 Å². The smallest absolute Gasteiger partial charge is 0.318 e. The maximum Gasteiger partial charge on any atom is 0.318 e. The minimum Gasteiger partial charge on any atom is -0.491 e. The van der Waals surface area contributed by atoms with Gasteiger partial charge >= 0.3 is 11.1 Å². The third-order valence-corrected chi connectivity index (χ3v) is 5.26. The van der Waals surface area contributed by atoms with E-state index in [9.17, 15) is 14.4 Å². The lowest BCUT2D eigenvalue weighted by Gasteiger charge is -2.14. The van der Waals surface area contributed by atoms with E-state index < -0.39 is 11.1 Å². The van der Waals surface area contributed by atoms with E-state index in [1.165, 1.54) is 9.13 Å². The fraction of sp³-hybridized carbons (Fsp3) is 0.231. The molecule has 0 saturated carbocycles. The summed E-state index contributed by atoms with van der Waals surface area (Å²) in [5.41, 5.74) is 1.06. The van der Waals surface area contributed by atoms with Gasteiger partial charge in [0, 0.05) is 12.7 Å². The second-order valence-corrected chi connectivity index (χ2v) is 8.20. The summed E-state index contributed by atoms with van der Waals surface area (Å²) in [5, 5.41) is 2.80. The van der Waals surface area contributed by atoms with Crippen molar-refractivity contribution >= 4 is 17.1 Å². The van der Waals surface area contributed by atoms with E-state index in [2.05, 4.69) is 10.3 Å². The summed E-state index contributed by atoms with van der Waals surface area (Å²) in [4.78, 5) is 42.8. The molecule has 0 unspecified atom stereocenters. The summed E-state index contributed by atoms with van der Waals surface area (Å²) < 4.78 is 8.15. The van der Waals surface area contributed by atoms with E-state index in [4.69, 9.17) is 4.74 Å². The van der Waals surface area contributed by atoms with E-state index in [0.29, 0.717) is 11.2 Å². The lowest BCUT2D eigenvalue weighted by atomic mass is 10.2.